The molecule has 0 saturated carbocycles. The van der Waals surface area contributed by atoms with Gasteiger partial charge in [-0.25, -0.2) is 4.98 Å². The van der Waals surface area contributed by atoms with Gasteiger partial charge in [0.25, 0.3) is 0 Å². The van der Waals surface area contributed by atoms with Crippen LogP contribution in [0.3, 0.4) is 0 Å². The third kappa shape index (κ3) is 3.45. The van der Waals surface area contributed by atoms with Crippen molar-refractivity contribution in [3.8, 4) is 0 Å². The van der Waals surface area contributed by atoms with Crippen molar-refractivity contribution in [1.29, 1.82) is 0 Å². The molecule has 96 valence electrons. The maximum Gasteiger partial charge on any atom is 0.127 e. The van der Waals surface area contributed by atoms with Crippen molar-refractivity contribution in [2.45, 2.75) is 51.9 Å². The van der Waals surface area contributed by atoms with Gasteiger partial charge in [0, 0.05) is 20.3 Å². The summed E-state index contributed by atoms with van der Waals surface area (Å²) in [6.45, 7) is 6.88. The average molecular weight is 234 g/mol. The minimum Gasteiger partial charge on any atom is -0.363 e. The Kier molecular flexibility index (Phi) is 4.98. The van der Waals surface area contributed by atoms with Crippen molar-refractivity contribution < 1.29 is 0 Å². The van der Waals surface area contributed by atoms with Crippen molar-refractivity contribution in [1.82, 2.24) is 4.98 Å². The Hall–Kier alpha value is -1.05. The molecular formula is C15H26N2. The molecule has 0 N–H and O–H groups in total. The largest absolute Gasteiger partial charge is 0.363 e. The molecule has 2 heteroatoms. The van der Waals surface area contributed by atoms with Crippen LogP contribution in [0.25, 0.3) is 0 Å². The van der Waals surface area contributed by atoms with E-state index in [4.69, 9.17) is 0 Å². The van der Waals surface area contributed by atoms with Crippen LogP contribution < -0.4 is 4.90 Å². The summed E-state index contributed by atoms with van der Waals surface area (Å²) >= 11 is 0. The number of rotatable bonds is 6. The SMILES string of the molecule is CCCCC(C)(CC)c1ccc(N(C)C)nc1. The lowest BCUT2D eigenvalue weighted by molar-refractivity contribution is 0.402. The fourth-order valence-electron chi connectivity index (χ4n) is 2.10. The Morgan fingerprint density at radius 1 is 1.24 bits per heavy atom. The molecular weight excluding hydrogens is 208 g/mol. The number of unbranched alkanes of at least 4 members (excludes halogenated alkanes) is 1. The van der Waals surface area contributed by atoms with E-state index in [0.29, 0.717) is 0 Å². The highest BCUT2D eigenvalue weighted by molar-refractivity contribution is 5.38. The molecule has 1 rings (SSSR count). The van der Waals surface area contributed by atoms with Crippen LogP contribution in [0.15, 0.2) is 18.3 Å². The average Bonchev–Trinajstić information content (AvgIpc) is 2.36. The van der Waals surface area contributed by atoms with E-state index in [-0.39, 0.29) is 5.41 Å². The van der Waals surface area contributed by atoms with Crippen LogP contribution in [0.2, 0.25) is 0 Å². The van der Waals surface area contributed by atoms with Crippen molar-refractivity contribution >= 4 is 5.82 Å². The number of nitrogens with zero attached hydrogens (tertiary/aromatic N) is 2. The van der Waals surface area contributed by atoms with E-state index in [1.165, 1.54) is 31.2 Å². The first-order valence-electron chi connectivity index (χ1n) is 6.67. The lowest BCUT2D eigenvalue weighted by atomic mass is 9.77. The minimum absolute atomic E-state index is 0.286. The van der Waals surface area contributed by atoms with Gasteiger partial charge >= 0.3 is 0 Å². The molecule has 0 amide bonds. The van der Waals surface area contributed by atoms with Crippen molar-refractivity contribution in [2.75, 3.05) is 19.0 Å². The zero-order valence-corrected chi connectivity index (χ0v) is 12.0. The second kappa shape index (κ2) is 6.04. The predicted molar refractivity (Wildman–Crippen MR) is 75.7 cm³/mol. The lowest BCUT2D eigenvalue weighted by Crippen LogP contribution is -2.21. The lowest BCUT2D eigenvalue weighted by Gasteiger charge is -2.29. The monoisotopic (exact) mass is 234 g/mol. The molecule has 0 radical (unpaired) electrons. The Labute approximate surface area is 106 Å². The molecule has 1 aromatic heterocycles. The maximum absolute atomic E-state index is 4.53. The number of anilines is 1. The summed E-state index contributed by atoms with van der Waals surface area (Å²) in [5, 5.41) is 0. The van der Waals surface area contributed by atoms with Crippen molar-refractivity contribution in [3.05, 3.63) is 23.9 Å². The summed E-state index contributed by atoms with van der Waals surface area (Å²) in [6.07, 6.45) is 7.03. The fraction of sp³-hybridized carbons (Fsp3) is 0.667. The van der Waals surface area contributed by atoms with Gasteiger partial charge in [-0.15, -0.1) is 0 Å². The number of hydrogen-bond acceptors (Lipinski definition) is 2. The molecule has 1 aromatic rings. The molecule has 0 aliphatic carbocycles. The van der Waals surface area contributed by atoms with E-state index in [1.54, 1.807) is 0 Å². The third-order valence-electron chi connectivity index (χ3n) is 3.77. The Bertz CT molecular complexity index is 329. The zero-order chi connectivity index (χ0) is 12.9. The van der Waals surface area contributed by atoms with Crippen LogP contribution in [-0.2, 0) is 5.41 Å². The van der Waals surface area contributed by atoms with Gasteiger partial charge in [-0.05, 0) is 29.9 Å². The van der Waals surface area contributed by atoms with E-state index in [1.807, 2.05) is 19.0 Å². The number of hydrogen-bond donors (Lipinski definition) is 0. The molecule has 1 heterocycles. The van der Waals surface area contributed by atoms with E-state index >= 15 is 0 Å². The molecule has 0 fully saturated rings. The molecule has 0 aromatic carbocycles. The van der Waals surface area contributed by atoms with E-state index < -0.39 is 0 Å². The first-order valence-corrected chi connectivity index (χ1v) is 6.67. The molecule has 0 aliphatic rings. The second-order valence-corrected chi connectivity index (χ2v) is 5.32. The van der Waals surface area contributed by atoms with E-state index in [0.717, 1.165) is 5.82 Å². The molecule has 0 spiro atoms. The van der Waals surface area contributed by atoms with Crippen LogP contribution in [0, 0.1) is 0 Å². The first-order chi connectivity index (χ1) is 8.03. The highest BCUT2D eigenvalue weighted by atomic mass is 15.1. The molecule has 1 atom stereocenters. The molecule has 0 aliphatic heterocycles. The summed E-state index contributed by atoms with van der Waals surface area (Å²) in [6, 6.07) is 4.36. The fourth-order valence-corrected chi connectivity index (χ4v) is 2.10. The molecule has 0 bridgehead atoms. The Balaban J connectivity index is 2.88. The Morgan fingerprint density at radius 2 is 1.94 bits per heavy atom. The van der Waals surface area contributed by atoms with Gasteiger partial charge in [0.15, 0.2) is 0 Å². The minimum atomic E-state index is 0.286. The summed E-state index contributed by atoms with van der Waals surface area (Å²) in [7, 11) is 4.05. The third-order valence-corrected chi connectivity index (χ3v) is 3.77. The highest BCUT2D eigenvalue weighted by Crippen LogP contribution is 2.33. The molecule has 0 saturated heterocycles. The van der Waals surface area contributed by atoms with Crippen molar-refractivity contribution in [2.24, 2.45) is 0 Å². The molecule has 17 heavy (non-hydrogen) atoms. The number of aromatic nitrogens is 1. The maximum atomic E-state index is 4.53. The van der Waals surface area contributed by atoms with Crippen molar-refractivity contribution in [3.63, 3.8) is 0 Å². The second-order valence-electron chi connectivity index (χ2n) is 5.32. The zero-order valence-electron chi connectivity index (χ0n) is 12.0. The van der Waals surface area contributed by atoms with E-state index in [2.05, 4.69) is 44.1 Å². The number of pyridine rings is 1. The summed E-state index contributed by atoms with van der Waals surface area (Å²) in [4.78, 5) is 6.57. The predicted octanol–water partition coefficient (Wildman–Crippen LogP) is 4.01. The van der Waals surface area contributed by atoms with Gasteiger partial charge < -0.3 is 4.90 Å². The van der Waals surface area contributed by atoms with Crippen LogP contribution in [0.5, 0.6) is 0 Å². The molecule has 1 unspecified atom stereocenters. The normalized spacial score (nSPS) is 14.4. The van der Waals surface area contributed by atoms with Gasteiger partial charge in [0.2, 0.25) is 0 Å². The van der Waals surface area contributed by atoms with Crippen LogP contribution in [-0.4, -0.2) is 19.1 Å². The topological polar surface area (TPSA) is 16.1 Å². The smallest absolute Gasteiger partial charge is 0.127 e. The van der Waals surface area contributed by atoms with Gasteiger partial charge in [-0.2, -0.15) is 0 Å². The Morgan fingerprint density at radius 3 is 2.35 bits per heavy atom. The van der Waals surface area contributed by atoms with Crippen LogP contribution >= 0.6 is 0 Å². The molecule has 2 nitrogen and oxygen atoms in total. The first kappa shape index (κ1) is 14.0. The summed E-state index contributed by atoms with van der Waals surface area (Å²) in [5.74, 6) is 1.03. The van der Waals surface area contributed by atoms with Gasteiger partial charge in [-0.1, -0.05) is 39.7 Å². The summed E-state index contributed by atoms with van der Waals surface area (Å²) in [5.41, 5.74) is 1.66. The van der Waals surface area contributed by atoms with Crippen LogP contribution in [0.4, 0.5) is 5.82 Å². The summed E-state index contributed by atoms with van der Waals surface area (Å²) < 4.78 is 0. The standard InChI is InChI=1S/C15H26N2/c1-6-8-11-15(3,7-2)13-9-10-14(16-12-13)17(4)5/h9-10,12H,6-8,11H2,1-5H3. The van der Waals surface area contributed by atoms with Gasteiger partial charge in [-0.3, -0.25) is 0 Å². The quantitative estimate of drug-likeness (QED) is 0.739. The van der Waals surface area contributed by atoms with Crippen LogP contribution in [0.1, 0.15) is 52.0 Å². The highest BCUT2D eigenvalue weighted by Gasteiger charge is 2.24. The van der Waals surface area contributed by atoms with Gasteiger partial charge in [0.1, 0.15) is 5.82 Å². The van der Waals surface area contributed by atoms with E-state index in [9.17, 15) is 0 Å². The van der Waals surface area contributed by atoms with Gasteiger partial charge in [0.05, 0.1) is 0 Å².